The Morgan fingerprint density at radius 3 is 2.49 bits per heavy atom. The maximum Gasteiger partial charge on any atom is 0.272 e. The molecule has 1 heterocycles. The molecular weight excluding hydrogens is 449 g/mol. The van der Waals surface area contributed by atoms with Gasteiger partial charge in [0, 0.05) is 24.1 Å². The van der Waals surface area contributed by atoms with Crippen LogP contribution in [0, 0.1) is 5.82 Å². The summed E-state index contributed by atoms with van der Waals surface area (Å²) in [5.41, 5.74) is 4.11. The lowest BCUT2D eigenvalue weighted by molar-refractivity contribution is 0.0910. The zero-order valence-corrected chi connectivity index (χ0v) is 19.3. The number of nitrogens with zero attached hydrogens (tertiary/aromatic N) is 2. The summed E-state index contributed by atoms with van der Waals surface area (Å²) in [6, 6.07) is 19.0. The third-order valence-corrected chi connectivity index (χ3v) is 6.15. The van der Waals surface area contributed by atoms with Gasteiger partial charge in [-0.25, -0.2) is 9.07 Å². The van der Waals surface area contributed by atoms with E-state index in [0.717, 1.165) is 11.1 Å². The van der Waals surface area contributed by atoms with Gasteiger partial charge in [0.15, 0.2) is 17.2 Å². The molecule has 178 valence electrons. The van der Waals surface area contributed by atoms with Crippen LogP contribution >= 0.6 is 0 Å². The quantitative estimate of drug-likeness (QED) is 0.372. The van der Waals surface area contributed by atoms with Crippen molar-refractivity contribution in [3.63, 3.8) is 0 Å². The first-order valence-corrected chi connectivity index (χ1v) is 11.1. The molecule has 1 aliphatic rings. The number of ether oxygens (including phenoxy) is 2. The van der Waals surface area contributed by atoms with Crippen LogP contribution in [0.2, 0.25) is 0 Å². The molecule has 4 aromatic rings. The minimum Gasteiger partial charge on any atom is -0.493 e. The van der Waals surface area contributed by atoms with E-state index in [-0.39, 0.29) is 17.9 Å². The summed E-state index contributed by atoms with van der Waals surface area (Å²) in [5.74, 6) is 0.187. The number of para-hydroxylation sites is 1. The van der Waals surface area contributed by atoms with Crippen molar-refractivity contribution in [1.29, 1.82) is 0 Å². The van der Waals surface area contributed by atoms with E-state index in [0.29, 0.717) is 34.7 Å². The number of halogens is 1. The van der Waals surface area contributed by atoms with Crippen LogP contribution in [0.3, 0.4) is 0 Å². The molecule has 1 unspecified atom stereocenters. The Bertz CT molecular complexity index is 1400. The van der Waals surface area contributed by atoms with Gasteiger partial charge in [-0.2, -0.15) is 5.10 Å². The van der Waals surface area contributed by atoms with Crippen LogP contribution in [0.1, 0.15) is 33.3 Å². The van der Waals surface area contributed by atoms with E-state index in [1.807, 2.05) is 30.3 Å². The second kappa shape index (κ2) is 9.23. The Kier molecular flexibility index (Phi) is 5.96. The van der Waals surface area contributed by atoms with Crippen LogP contribution in [-0.2, 0) is 6.42 Å². The number of carbonyl (C=O) groups is 1. The molecular formula is C27H24FN3O4. The van der Waals surface area contributed by atoms with E-state index in [9.17, 15) is 14.3 Å². The summed E-state index contributed by atoms with van der Waals surface area (Å²) < 4.78 is 27.2. The standard InChI is InChI=1S/C27H24FN3O4/c1-34-23-13-17-12-19-25(27(33)29-15-22(32)16-8-4-3-5-9-16)30-31(21-11-7-6-10-20(21)28)26(19)18(17)14-24(23)35-2/h3-11,13-14,22,32H,12,15H2,1-2H3,(H,29,33). The van der Waals surface area contributed by atoms with Gasteiger partial charge < -0.3 is 19.9 Å². The molecule has 2 N–H and O–H groups in total. The summed E-state index contributed by atoms with van der Waals surface area (Å²) in [7, 11) is 3.11. The van der Waals surface area contributed by atoms with E-state index >= 15 is 0 Å². The van der Waals surface area contributed by atoms with Crippen molar-refractivity contribution in [3.05, 3.63) is 94.9 Å². The Balaban J connectivity index is 1.55. The molecule has 0 bridgehead atoms. The number of aliphatic hydroxyl groups is 1. The fraction of sp³-hybridized carbons (Fsp3) is 0.185. The molecule has 0 saturated heterocycles. The molecule has 1 amide bonds. The molecule has 7 nitrogen and oxygen atoms in total. The van der Waals surface area contributed by atoms with Crippen molar-refractivity contribution in [2.45, 2.75) is 12.5 Å². The number of rotatable bonds is 7. The monoisotopic (exact) mass is 473 g/mol. The molecule has 35 heavy (non-hydrogen) atoms. The van der Waals surface area contributed by atoms with Crippen molar-refractivity contribution >= 4 is 5.91 Å². The lowest BCUT2D eigenvalue weighted by Crippen LogP contribution is -2.29. The smallest absolute Gasteiger partial charge is 0.272 e. The Labute approximate surface area is 201 Å². The van der Waals surface area contributed by atoms with Gasteiger partial charge in [0.05, 0.1) is 26.0 Å². The van der Waals surface area contributed by atoms with E-state index in [4.69, 9.17) is 9.47 Å². The lowest BCUT2D eigenvalue weighted by Gasteiger charge is -2.13. The van der Waals surface area contributed by atoms with Crippen molar-refractivity contribution in [2.75, 3.05) is 20.8 Å². The molecule has 5 rings (SSSR count). The second-order valence-electron chi connectivity index (χ2n) is 8.22. The van der Waals surface area contributed by atoms with E-state index in [2.05, 4.69) is 10.4 Å². The molecule has 1 aromatic heterocycles. The normalized spacial score (nSPS) is 12.6. The number of methoxy groups -OCH3 is 2. The van der Waals surface area contributed by atoms with Crippen molar-refractivity contribution < 1.29 is 23.8 Å². The maximum atomic E-state index is 14.8. The number of hydrogen-bond donors (Lipinski definition) is 2. The van der Waals surface area contributed by atoms with Crippen LogP contribution < -0.4 is 14.8 Å². The van der Waals surface area contributed by atoms with Gasteiger partial charge in [-0.15, -0.1) is 0 Å². The van der Waals surface area contributed by atoms with Gasteiger partial charge in [0.1, 0.15) is 11.5 Å². The SMILES string of the molecule is COc1cc2c(cc1OC)-c1c(c(C(=O)NCC(O)c3ccccc3)nn1-c1ccccc1F)C2. The number of benzene rings is 3. The summed E-state index contributed by atoms with van der Waals surface area (Å²) in [5, 5.41) is 17.8. The molecule has 3 aromatic carbocycles. The van der Waals surface area contributed by atoms with E-state index in [1.54, 1.807) is 44.6 Å². The average Bonchev–Trinajstić information content (AvgIpc) is 3.44. The first-order valence-electron chi connectivity index (χ1n) is 11.1. The molecule has 8 heteroatoms. The molecule has 1 aliphatic carbocycles. The number of fused-ring (bicyclic) bond motifs is 3. The van der Waals surface area contributed by atoms with Gasteiger partial charge in [0.2, 0.25) is 0 Å². The zero-order chi connectivity index (χ0) is 24.5. The van der Waals surface area contributed by atoms with Crippen LogP contribution in [0.15, 0.2) is 66.7 Å². The zero-order valence-electron chi connectivity index (χ0n) is 19.3. The highest BCUT2D eigenvalue weighted by molar-refractivity contribution is 5.97. The highest BCUT2D eigenvalue weighted by atomic mass is 19.1. The molecule has 0 radical (unpaired) electrons. The predicted molar refractivity (Wildman–Crippen MR) is 129 cm³/mol. The van der Waals surface area contributed by atoms with Crippen LogP contribution in [0.4, 0.5) is 4.39 Å². The number of amides is 1. The van der Waals surface area contributed by atoms with Gasteiger partial charge >= 0.3 is 0 Å². The predicted octanol–water partition coefficient (Wildman–Crippen LogP) is 4.06. The Morgan fingerprint density at radius 1 is 1.09 bits per heavy atom. The number of hydrogen-bond acceptors (Lipinski definition) is 5. The van der Waals surface area contributed by atoms with Crippen molar-refractivity contribution in [1.82, 2.24) is 15.1 Å². The van der Waals surface area contributed by atoms with Gasteiger partial charge in [0.25, 0.3) is 5.91 Å². The highest BCUT2D eigenvalue weighted by Crippen LogP contribution is 2.45. The van der Waals surface area contributed by atoms with Gasteiger partial charge in [-0.05, 0) is 35.4 Å². The fourth-order valence-electron chi connectivity index (χ4n) is 4.42. The molecule has 0 spiro atoms. The summed E-state index contributed by atoms with van der Waals surface area (Å²) in [6.07, 6.45) is -0.448. The summed E-state index contributed by atoms with van der Waals surface area (Å²) in [6.45, 7) is 0.0127. The summed E-state index contributed by atoms with van der Waals surface area (Å²) in [4.78, 5) is 13.2. The molecule has 0 fully saturated rings. The second-order valence-corrected chi connectivity index (χ2v) is 8.22. The van der Waals surface area contributed by atoms with Crippen LogP contribution in [0.25, 0.3) is 16.9 Å². The number of nitrogens with one attached hydrogen (secondary N) is 1. The van der Waals surface area contributed by atoms with Gasteiger partial charge in [-0.3, -0.25) is 4.79 Å². The summed E-state index contributed by atoms with van der Waals surface area (Å²) >= 11 is 0. The lowest BCUT2D eigenvalue weighted by atomic mass is 10.1. The van der Waals surface area contributed by atoms with Crippen molar-refractivity contribution in [2.24, 2.45) is 0 Å². The third-order valence-electron chi connectivity index (χ3n) is 6.15. The minimum absolute atomic E-state index is 0.0127. The first-order chi connectivity index (χ1) is 17.0. The fourth-order valence-corrected chi connectivity index (χ4v) is 4.42. The molecule has 0 aliphatic heterocycles. The average molecular weight is 474 g/mol. The minimum atomic E-state index is -0.868. The Hall–Kier alpha value is -4.17. The maximum absolute atomic E-state index is 14.8. The van der Waals surface area contributed by atoms with Crippen LogP contribution in [0.5, 0.6) is 11.5 Å². The Morgan fingerprint density at radius 2 is 1.77 bits per heavy atom. The first kappa shape index (κ1) is 22.6. The van der Waals surface area contributed by atoms with E-state index in [1.165, 1.54) is 10.7 Å². The largest absolute Gasteiger partial charge is 0.493 e. The molecule has 0 saturated carbocycles. The number of aliphatic hydroxyl groups excluding tert-OH is 1. The third kappa shape index (κ3) is 4.02. The highest BCUT2D eigenvalue weighted by Gasteiger charge is 2.33. The van der Waals surface area contributed by atoms with E-state index < -0.39 is 17.8 Å². The number of carbonyl (C=O) groups excluding carboxylic acids is 1. The molecule has 1 atom stereocenters. The van der Waals surface area contributed by atoms with Crippen molar-refractivity contribution in [3.8, 4) is 28.4 Å². The topological polar surface area (TPSA) is 85.6 Å². The number of aromatic nitrogens is 2. The van der Waals surface area contributed by atoms with Gasteiger partial charge in [-0.1, -0.05) is 42.5 Å². The van der Waals surface area contributed by atoms with Crippen LogP contribution in [-0.4, -0.2) is 41.6 Å².